The molecule has 4 rings (SSSR count). The van der Waals surface area contributed by atoms with Crippen LogP contribution in [0.5, 0.6) is 5.75 Å². The fourth-order valence-electron chi connectivity index (χ4n) is 3.53. The summed E-state index contributed by atoms with van der Waals surface area (Å²) in [4.78, 5) is 16.4. The third-order valence-corrected chi connectivity index (χ3v) is 6.59. The molecule has 2 amide bonds. The first kappa shape index (κ1) is 23.7. The third kappa shape index (κ3) is 5.06. The predicted molar refractivity (Wildman–Crippen MR) is 119 cm³/mol. The number of anilines is 1. The van der Waals surface area contributed by atoms with Crippen LogP contribution in [0.3, 0.4) is 0 Å². The molecule has 1 fully saturated rings. The van der Waals surface area contributed by atoms with Crippen molar-refractivity contribution in [1.82, 2.24) is 15.1 Å². The summed E-state index contributed by atoms with van der Waals surface area (Å²) in [5, 5.41) is 6.78. The molecule has 8 nitrogen and oxygen atoms in total. The maximum absolute atomic E-state index is 15.1. The van der Waals surface area contributed by atoms with Crippen LogP contribution in [0.1, 0.15) is 17.9 Å². The van der Waals surface area contributed by atoms with Crippen molar-refractivity contribution >= 4 is 22.5 Å². The molecule has 1 aliphatic rings. The molecule has 0 radical (unpaired) electrons. The Bertz CT molecular complexity index is 1200. The smallest absolute Gasteiger partial charge is 0.324 e. The number of halogens is 3. The molecule has 0 spiro atoms. The first-order valence-electron chi connectivity index (χ1n) is 10.3. The van der Waals surface area contributed by atoms with Crippen LogP contribution in [0, 0.1) is 5.82 Å². The Morgan fingerprint density at radius 3 is 2.59 bits per heavy atom. The zero-order valence-electron chi connectivity index (χ0n) is 18.1. The summed E-state index contributed by atoms with van der Waals surface area (Å²) in [6.07, 6.45) is -2.93. The van der Waals surface area contributed by atoms with Gasteiger partial charge in [0.15, 0.2) is 0 Å². The van der Waals surface area contributed by atoms with Crippen LogP contribution in [0.15, 0.2) is 46.9 Å². The Balaban J connectivity index is 1.64. The molecule has 2 heterocycles. The van der Waals surface area contributed by atoms with Crippen LogP contribution in [0.2, 0.25) is 0 Å². The number of methoxy groups -OCH3 is 1. The van der Waals surface area contributed by atoms with Gasteiger partial charge >= 0.3 is 12.5 Å². The predicted octanol–water partition coefficient (Wildman–Crippen LogP) is 4.01. The summed E-state index contributed by atoms with van der Waals surface area (Å²) in [6.45, 7) is 0.515. The molecule has 1 aromatic heterocycles. The minimum absolute atomic E-state index is 0.128. The number of carbonyl (C=O) groups is 1. The highest BCUT2D eigenvalue weighted by atomic mass is 32.2. The van der Waals surface area contributed by atoms with E-state index in [0.717, 1.165) is 6.07 Å². The SMILES string of the molecule is COc1ccccc1N(Cc1ccc(-c2nnc(C(F)F)o2)cc1F)C(=O)N1CCS(=O)CC1. The van der Waals surface area contributed by atoms with Crippen molar-refractivity contribution in [3.63, 3.8) is 0 Å². The van der Waals surface area contributed by atoms with Crippen molar-refractivity contribution in [2.24, 2.45) is 0 Å². The van der Waals surface area contributed by atoms with E-state index in [0.29, 0.717) is 36.0 Å². The van der Waals surface area contributed by atoms with Gasteiger partial charge in [-0.05, 0) is 24.3 Å². The van der Waals surface area contributed by atoms with Crippen LogP contribution >= 0.6 is 0 Å². The van der Waals surface area contributed by atoms with E-state index >= 15 is 4.39 Å². The molecule has 34 heavy (non-hydrogen) atoms. The van der Waals surface area contributed by atoms with Gasteiger partial charge in [-0.1, -0.05) is 18.2 Å². The molecular formula is C22H21F3N4O4S. The second-order valence-corrected chi connectivity index (χ2v) is 9.12. The Labute approximate surface area is 195 Å². The van der Waals surface area contributed by atoms with Gasteiger partial charge in [0.25, 0.3) is 5.89 Å². The van der Waals surface area contributed by atoms with E-state index in [1.165, 1.54) is 24.1 Å². The summed E-state index contributed by atoms with van der Waals surface area (Å²) >= 11 is 0. The van der Waals surface area contributed by atoms with E-state index in [4.69, 9.17) is 9.15 Å². The molecule has 12 heteroatoms. The summed E-state index contributed by atoms with van der Waals surface area (Å²) in [5.74, 6) is -0.589. The number of urea groups is 1. The standard InChI is InChI=1S/C22H21F3N4O4S/c1-32-18-5-3-2-4-17(18)29(22(30)28-8-10-34(31)11-9-28)13-15-7-6-14(12-16(15)23)20-26-27-21(33-20)19(24)25/h2-7,12,19H,8-11,13H2,1H3. The fourth-order valence-corrected chi connectivity index (χ4v) is 4.58. The fraction of sp³-hybridized carbons (Fsp3) is 0.318. The van der Waals surface area contributed by atoms with E-state index in [9.17, 15) is 17.8 Å². The minimum atomic E-state index is -2.93. The number of para-hydroxylation sites is 2. The lowest BCUT2D eigenvalue weighted by Crippen LogP contribution is -2.48. The molecular weight excluding hydrogens is 473 g/mol. The van der Waals surface area contributed by atoms with Gasteiger partial charge in [0.1, 0.15) is 11.6 Å². The summed E-state index contributed by atoms with van der Waals surface area (Å²) < 4.78 is 62.5. The number of aromatic nitrogens is 2. The van der Waals surface area contributed by atoms with Crippen LogP contribution in [-0.2, 0) is 17.3 Å². The number of amides is 2. The zero-order chi connectivity index (χ0) is 24.2. The van der Waals surface area contributed by atoms with Crippen LogP contribution in [-0.4, -0.2) is 57.0 Å². The molecule has 0 unspecified atom stereocenters. The van der Waals surface area contributed by atoms with E-state index < -0.39 is 28.9 Å². The van der Waals surface area contributed by atoms with Gasteiger partial charge in [0.05, 0.1) is 19.3 Å². The van der Waals surface area contributed by atoms with Crippen LogP contribution < -0.4 is 9.64 Å². The Morgan fingerprint density at radius 1 is 1.21 bits per heavy atom. The highest BCUT2D eigenvalue weighted by molar-refractivity contribution is 7.85. The highest BCUT2D eigenvalue weighted by Gasteiger charge is 2.28. The van der Waals surface area contributed by atoms with E-state index in [-0.39, 0.29) is 29.6 Å². The summed E-state index contributed by atoms with van der Waals surface area (Å²) in [7, 11) is 0.502. The highest BCUT2D eigenvalue weighted by Crippen LogP contribution is 2.31. The van der Waals surface area contributed by atoms with E-state index in [2.05, 4.69) is 10.2 Å². The molecule has 0 aliphatic carbocycles. The van der Waals surface area contributed by atoms with Crippen molar-refractivity contribution in [3.8, 4) is 17.2 Å². The average molecular weight is 494 g/mol. The quantitative estimate of drug-likeness (QED) is 0.515. The lowest BCUT2D eigenvalue weighted by Gasteiger charge is -2.33. The molecule has 180 valence electrons. The molecule has 1 aliphatic heterocycles. The number of benzene rings is 2. The Kier molecular flexibility index (Phi) is 7.15. The van der Waals surface area contributed by atoms with Crippen LogP contribution in [0.25, 0.3) is 11.5 Å². The molecule has 3 aromatic rings. The van der Waals surface area contributed by atoms with Gasteiger partial charge in [-0.15, -0.1) is 10.2 Å². The number of hydrogen-bond donors (Lipinski definition) is 0. The first-order chi connectivity index (χ1) is 16.4. The lowest BCUT2D eigenvalue weighted by atomic mass is 10.1. The van der Waals surface area contributed by atoms with Crippen LogP contribution in [0.4, 0.5) is 23.7 Å². The monoisotopic (exact) mass is 494 g/mol. The average Bonchev–Trinajstić information content (AvgIpc) is 3.34. The third-order valence-electron chi connectivity index (χ3n) is 5.31. The molecule has 0 saturated carbocycles. The van der Waals surface area contributed by atoms with Gasteiger partial charge in [-0.3, -0.25) is 9.11 Å². The van der Waals surface area contributed by atoms with Crippen molar-refractivity contribution in [3.05, 3.63) is 59.7 Å². The molecule has 2 aromatic carbocycles. The number of rotatable bonds is 6. The van der Waals surface area contributed by atoms with Crippen molar-refractivity contribution in [2.45, 2.75) is 13.0 Å². The number of ether oxygens (including phenoxy) is 1. The van der Waals surface area contributed by atoms with Gasteiger partial charge in [-0.25, -0.2) is 9.18 Å². The second-order valence-electron chi connectivity index (χ2n) is 7.43. The van der Waals surface area contributed by atoms with Gasteiger partial charge in [0.2, 0.25) is 5.89 Å². The van der Waals surface area contributed by atoms with Gasteiger partial charge in [0, 0.05) is 46.5 Å². The molecule has 0 atom stereocenters. The van der Waals surface area contributed by atoms with Crippen molar-refractivity contribution in [1.29, 1.82) is 0 Å². The topological polar surface area (TPSA) is 88.8 Å². The molecule has 0 bridgehead atoms. The number of hydrogen-bond acceptors (Lipinski definition) is 6. The first-order valence-corrected chi connectivity index (χ1v) is 11.8. The lowest BCUT2D eigenvalue weighted by molar-refractivity contribution is 0.116. The minimum Gasteiger partial charge on any atom is -0.495 e. The summed E-state index contributed by atoms with van der Waals surface area (Å²) in [5.41, 5.74) is 0.759. The summed E-state index contributed by atoms with van der Waals surface area (Å²) in [6, 6.07) is 10.5. The van der Waals surface area contributed by atoms with E-state index in [1.54, 1.807) is 29.2 Å². The number of carbonyl (C=O) groups excluding carboxylic acids is 1. The van der Waals surface area contributed by atoms with E-state index in [1.807, 2.05) is 0 Å². The zero-order valence-corrected chi connectivity index (χ0v) is 18.9. The van der Waals surface area contributed by atoms with Crippen molar-refractivity contribution < 1.29 is 31.3 Å². The molecule has 0 N–H and O–H groups in total. The Hall–Kier alpha value is -3.41. The van der Waals surface area contributed by atoms with Gasteiger partial charge < -0.3 is 14.1 Å². The number of alkyl halides is 2. The number of nitrogens with zero attached hydrogens (tertiary/aromatic N) is 4. The Morgan fingerprint density at radius 2 is 1.94 bits per heavy atom. The normalized spacial score (nSPS) is 14.4. The second kappa shape index (κ2) is 10.2. The van der Waals surface area contributed by atoms with Crippen molar-refractivity contribution in [2.75, 3.05) is 36.6 Å². The van der Waals surface area contributed by atoms with Gasteiger partial charge in [-0.2, -0.15) is 8.78 Å². The maximum atomic E-state index is 15.1. The molecule has 1 saturated heterocycles. The maximum Gasteiger partial charge on any atom is 0.324 e. The largest absolute Gasteiger partial charge is 0.495 e.